The van der Waals surface area contributed by atoms with Gasteiger partial charge < -0.3 is 14.3 Å². The maximum Gasteiger partial charge on any atom is 0.231 e. The van der Waals surface area contributed by atoms with Crippen molar-refractivity contribution in [3.8, 4) is 11.5 Å². The van der Waals surface area contributed by atoms with Crippen molar-refractivity contribution in [2.45, 2.75) is 39.5 Å². The Bertz CT molecular complexity index is 556. The van der Waals surface area contributed by atoms with Crippen molar-refractivity contribution in [2.24, 2.45) is 0 Å². The summed E-state index contributed by atoms with van der Waals surface area (Å²) in [6.45, 7) is 4.10. The van der Waals surface area contributed by atoms with Crippen molar-refractivity contribution in [1.82, 2.24) is 0 Å². The summed E-state index contributed by atoms with van der Waals surface area (Å²) in [5.74, 6) is 1.88. The molecule has 2 rings (SSSR count). The second-order valence-electron chi connectivity index (χ2n) is 5.21. The highest BCUT2D eigenvalue weighted by molar-refractivity contribution is 5.75. The molecule has 1 heterocycles. The molecule has 0 bridgehead atoms. The molecule has 0 saturated carbocycles. The van der Waals surface area contributed by atoms with Crippen LogP contribution in [-0.2, 0) is 4.79 Å². The average Bonchev–Trinajstić information content (AvgIpc) is 2.92. The first-order valence-corrected chi connectivity index (χ1v) is 7.44. The molecule has 0 N–H and O–H groups in total. The SMILES string of the molecule is CCC(=CC=Cc1ccc2c(c1)OCO2)CCCC(C)=O. The zero-order valence-electron chi connectivity index (χ0n) is 12.7. The van der Waals surface area contributed by atoms with E-state index in [1.165, 1.54) is 5.57 Å². The van der Waals surface area contributed by atoms with Crippen molar-refractivity contribution in [1.29, 1.82) is 0 Å². The van der Waals surface area contributed by atoms with Gasteiger partial charge >= 0.3 is 0 Å². The molecule has 1 aliphatic heterocycles. The molecule has 1 aromatic rings. The van der Waals surface area contributed by atoms with E-state index in [4.69, 9.17) is 9.47 Å². The van der Waals surface area contributed by atoms with E-state index in [0.29, 0.717) is 13.2 Å². The van der Waals surface area contributed by atoms with E-state index in [0.717, 1.165) is 36.3 Å². The van der Waals surface area contributed by atoms with Crippen molar-refractivity contribution in [2.75, 3.05) is 6.79 Å². The third-order valence-corrected chi connectivity index (χ3v) is 3.50. The zero-order chi connectivity index (χ0) is 15.1. The first kappa shape index (κ1) is 15.4. The fourth-order valence-corrected chi connectivity index (χ4v) is 2.25. The second-order valence-corrected chi connectivity index (χ2v) is 5.21. The average molecular weight is 286 g/mol. The van der Waals surface area contributed by atoms with Crippen LogP contribution in [0.3, 0.4) is 0 Å². The van der Waals surface area contributed by atoms with E-state index in [9.17, 15) is 4.79 Å². The molecular weight excluding hydrogens is 264 g/mol. The number of fused-ring (bicyclic) bond motifs is 1. The normalized spacial score (nSPS) is 13.9. The maximum absolute atomic E-state index is 11.0. The third kappa shape index (κ3) is 4.78. The number of Topliss-reactive ketones (excluding diaryl/α,β-unsaturated/α-hetero) is 1. The van der Waals surface area contributed by atoms with Crippen LogP contribution in [0.4, 0.5) is 0 Å². The molecule has 1 aromatic carbocycles. The van der Waals surface area contributed by atoms with E-state index in [1.54, 1.807) is 6.92 Å². The van der Waals surface area contributed by atoms with Gasteiger partial charge in [0.25, 0.3) is 0 Å². The van der Waals surface area contributed by atoms with Gasteiger partial charge in [-0.05, 0) is 43.9 Å². The predicted octanol–water partition coefficient (Wildman–Crippen LogP) is 4.52. The highest BCUT2D eigenvalue weighted by atomic mass is 16.7. The predicted molar refractivity (Wildman–Crippen MR) is 84.5 cm³/mol. The Morgan fingerprint density at radius 1 is 1.24 bits per heavy atom. The monoisotopic (exact) mass is 286 g/mol. The number of carbonyl (C=O) groups excluding carboxylic acids is 1. The number of hydrogen-bond donors (Lipinski definition) is 0. The maximum atomic E-state index is 11.0. The quantitative estimate of drug-likeness (QED) is 0.691. The Morgan fingerprint density at radius 3 is 2.81 bits per heavy atom. The molecule has 3 nitrogen and oxygen atoms in total. The van der Waals surface area contributed by atoms with Gasteiger partial charge in [0.15, 0.2) is 11.5 Å². The summed E-state index contributed by atoms with van der Waals surface area (Å²) >= 11 is 0. The number of benzene rings is 1. The first-order chi connectivity index (χ1) is 10.2. The van der Waals surface area contributed by atoms with Gasteiger partial charge in [0.1, 0.15) is 5.78 Å². The number of allylic oxidation sites excluding steroid dienone is 3. The highest BCUT2D eigenvalue weighted by Gasteiger charge is 2.11. The van der Waals surface area contributed by atoms with Crippen LogP contribution < -0.4 is 9.47 Å². The molecule has 21 heavy (non-hydrogen) atoms. The van der Waals surface area contributed by atoms with Gasteiger partial charge in [0.05, 0.1) is 0 Å². The summed E-state index contributed by atoms with van der Waals surface area (Å²) in [4.78, 5) is 11.0. The van der Waals surface area contributed by atoms with Crippen LogP contribution in [0.2, 0.25) is 0 Å². The molecule has 3 heteroatoms. The van der Waals surface area contributed by atoms with E-state index in [-0.39, 0.29) is 5.78 Å². The van der Waals surface area contributed by atoms with Crippen LogP contribution in [0.1, 0.15) is 45.1 Å². The van der Waals surface area contributed by atoms with E-state index in [2.05, 4.69) is 25.2 Å². The topological polar surface area (TPSA) is 35.5 Å². The summed E-state index contributed by atoms with van der Waals surface area (Å²) in [6.07, 6.45) is 9.87. The van der Waals surface area contributed by atoms with Crippen molar-refractivity contribution >= 4 is 11.9 Å². The lowest BCUT2D eigenvalue weighted by molar-refractivity contribution is -0.117. The summed E-state index contributed by atoms with van der Waals surface area (Å²) in [5, 5.41) is 0. The molecule has 1 aliphatic rings. The van der Waals surface area contributed by atoms with Gasteiger partial charge in [0.2, 0.25) is 6.79 Å². The smallest absolute Gasteiger partial charge is 0.231 e. The molecule has 0 aliphatic carbocycles. The van der Waals surface area contributed by atoms with Crippen LogP contribution >= 0.6 is 0 Å². The van der Waals surface area contributed by atoms with Crippen molar-refractivity contribution in [3.05, 3.63) is 41.5 Å². The fraction of sp³-hybridized carbons (Fsp3) is 0.389. The van der Waals surface area contributed by atoms with E-state index >= 15 is 0 Å². The minimum atomic E-state index is 0.265. The second kappa shape index (κ2) is 7.67. The Balaban J connectivity index is 1.92. The highest BCUT2D eigenvalue weighted by Crippen LogP contribution is 2.32. The lowest BCUT2D eigenvalue weighted by atomic mass is 10.0. The van der Waals surface area contributed by atoms with E-state index < -0.39 is 0 Å². The molecule has 0 atom stereocenters. The lowest BCUT2D eigenvalue weighted by Crippen LogP contribution is -1.92. The minimum Gasteiger partial charge on any atom is -0.454 e. The fourth-order valence-electron chi connectivity index (χ4n) is 2.25. The molecular formula is C18H22O3. The number of rotatable bonds is 7. The Hall–Kier alpha value is -2.03. The Morgan fingerprint density at radius 2 is 2.05 bits per heavy atom. The Kier molecular flexibility index (Phi) is 5.61. The number of hydrogen-bond acceptors (Lipinski definition) is 3. The van der Waals surface area contributed by atoms with Gasteiger partial charge in [-0.1, -0.05) is 36.8 Å². The van der Waals surface area contributed by atoms with Crippen LogP contribution in [0.25, 0.3) is 6.08 Å². The lowest BCUT2D eigenvalue weighted by Gasteiger charge is -2.02. The van der Waals surface area contributed by atoms with E-state index in [1.807, 2.05) is 18.2 Å². The van der Waals surface area contributed by atoms with Crippen LogP contribution in [-0.4, -0.2) is 12.6 Å². The Labute approximate surface area is 126 Å². The molecule has 0 aromatic heterocycles. The largest absolute Gasteiger partial charge is 0.454 e. The van der Waals surface area contributed by atoms with Gasteiger partial charge in [-0.3, -0.25) is 0 Å². The van der Waals surface area contributed by atoms with Crippen molar-refractivity contribution in [3.63, 3.8) is 0 Å². The molecule has 0 radical (unpaired) electrons. The zero-order valence-corrected chi connectivity index (χ0v) is 12.7. The van der Waals surface area contributed by atoms with Gasteiger partial charge in [-0.25, -0.2) is 0 Å². The number of carbonyl (C=O) groups is 1. The summed E-state index contributed by atoms with van der Waals surface area (Å²) in [6, 6.07) is 5.92. The molecule has 0 amide bonds. The summed E-state index contributed by atoms with van der Waals surface area (Å²) < 4.78 is 10.7. The molecule has 112 valence electrons. The molecule has 0 spiro atoms. The van der Waals surface area contributed by atoms with Crippen molar-refractivity contribution < 1.29 is 14.3 Å². The standard InChI is InChI=1S/C18H22O3/c1-3-15(7-4-6-14(2)19)8-5-9-16-10-11-17-18(12-16)21-13-20-17/h5,8-12H,3-4,6-7,13H2,1-2H3. The van der Waals surface area contributed by atoms with Crippen LogP contribution in [0.5, 0.6) is 11.5 Å². The summed E-state index contributed by atoms with van der Waals surface area (Å²) in [7, 11) is 0. The first-order valence-electron chi connectivity index (χ1n) is 7.44. The minimum absolute atomic E-state index is 0.265. The third-order valence-electron chi connectivity index (χ3n) is 3.50. The molecule has 0 saturated heterocycles. The van der Waals surface area contributed by atoms with Gasteiger partial charge in [-0.2, -0.15) is 0 Å². The van der Waals surface area contributed by atoms with Gasteiger partial charge in [0, 0.05) is 6.42 Å². The number of ketones is 1. The van der Waals surface area contributed by atoms with Crippen LogP contribution in [0, 0.1) is 0 Å². The molecule has 0 fully saturated rings. The molecule has 0 unspecified atom stereocenters. The summed E-state index contributed by atoms with van der Waals surface area (Å²) in [5.41, 5.74) is 2.46. The number of ether oxygens (including phenoxy) is 2. The van der Waals surface area contributed by atoms with Crippen LogP contribution in [0.15, 0.2) is 35.9 Å². The van der Waals surface area contributed by atoms with Gasteiger partial charge in [-0.15, -0.1) is 0 Å².